The van der Waals surface area contributed by atoms with E-state index in [0.717, 1.165) is 30.5 Å². The molecule has 0 atom stereocenters. The summed E-state index contributed by atoms with van der Waals surface area (Å²) in [5.74, 6) is -3.79. The smallest absolute Gasteiger partial charge is 0.337 e. The van der Waals surface area contributed by atoms with Crippen molar-refractivity contribution in [2.75, 3.05) is 16.9 Å². The third-order valence-electron chi connectivity index (χ3n) is 7.81. The number of sulfone groups is 1. The molecule has 0 fully saturated rings. The molecular formula is C31H22ClN7O14S4. The molecule has 5 aromatic carbocycles. The molecular weight excluding hydrogens is 858 g/mol. The first kappa shape index (κ1) is 40.7. The molecule has 21 nitrogen and oxygen atoms in total. The first-order chi connectivity index (χ1) is 26.4. The third-order valence-corrected chi connectivity index (χ3v) is 11.7. The summed E-state index contributed by atoms with van der Waals surface area (Å²) in [6.45, 7) is 0. The normalized spacial score (nSPS) is 12.6. The summed E-state index contributed by atoms with van der Waals surface area (Å²) in [7, 11) is -19.2. The summed E-state index contributed by atoms with van der Waals surface area (Å²) < 4.78 is 128. The lowest BCUT2D eigenvalue weighted by Crippen LogP contribution is -2.09. The number of nitrogens with one attached hydrogen (secondary N) is 2. The second-order valence-electron chi connectivity index (χ2n) is 11.7. The standard InChI is InChI=1S/C31H22ClN7O14S4/c1-54(43,44)27-18-5-3-2-4-14(18)6-8-21(27)38-39-25-23(57(51,52)53)11-15-10-17(56(48,49)50)13-22(24(15)26(25)40)34-31-36-29(32)35-30(37-31)33-20-9-7-16(55(45,46)47)12-19(20)28(41)42/h2-13,40H,1H3,(H,41,42)(H,45,46,47)(H,48,49,50)(H,51,52,53)(H2,33,34,35,36,37). The summed E-state index contributed by atoms with van der Waals surface area (Å²) in [6.07, 6.45) is 0.897. The Hall–Kier alpha value is -5.93. The summed E-state index contributed by atoms with van der Waals surface area (Å²) in [4.78, 5) is 20.5. The Kier molecular flexibility index (Phi) is 10.4. The van der Waals surface area contributed by atoms with Crippen LogP contribution in [0.25, 0.3) is 21.5 Å². The zero-order valence-corrected chi connectivity index (χ0v) is 32.1. The number of aromatic carboxylic acids is 1. The van der Waals surface area contributed by atoms with Gasteiger partial charge in [-0.1, -0.05) is 30.3 Å². The minimum Gasteiger partial charge on any atom is -0.505 e. The van der Waals surface area contributed by atoms with Gasteiger partial charge in [0.05, 0.1) is 26.7 Å². The van der Waals surface area contributed by atoms with Crippen molar-refractivity contribution in [1.29, 1.82) is 0 Å². The zero-order valence-electron chi connectivity index (χ0n) is 28.1. The van der Waals surface area contributed by atoms with E-state index >= 15 is 0 Å². The average Bonchev–Trinajstić information content (AvgIpc) is 3.08. The molecule has 57 heavy (non-hydrogen) atoms. The van der Waals surface area contributed by atoms with Gasteiger partial charge in [-0.05, 0) is 64.8 Å². The Morgan fingerprint density at radius 3 is 1.93 bits per heavy atom. The van der Waals surface area contributed by atoms with E-state index < -0.39 is 111 Å². The topological polar surface area (TPSA) is 342 Å². The van der Waals surface area contributed by atoms with Crippen molar-refractivity contribution in [3.63, 3.8) is 0 Å². The van der Waals surface area contributed by atoms with Gasteiger partial charge in [0, 0.05) is 17.0 Å². The number of hydrogen-bond acceptors (Lipinski definition) is 17. The maximum atomic E-state index is 12.9. The van der Waals surface area contributed by atoms with Crippen LogP contribution >= 0.6 is 11.6 Å². The number of phenols is 1. The molecule has 0 saturated carbocycles. The maximum Gasteiger partial charge on any atom is 0.337 e. The van der Waals surface area contributed by atoms with E-state index in [1.165, 1.54) is 18.2 Å². The Balaban J connectivity index is 1.53. The fourth-order valence-electron chi connectivity index (χ4n) is 5.48. The van der Waals surface area contributed by atoms with Gasteiger partial charge in [-0.2, -0.15) is 40.2 Å². The Morgan fingerprint density at radius 2 is 1.33 bits per heavy atom. The Morgan fingerprint density at radius 1 is 0.702 bits per heavy atom. The highest BCUT2D eigenvalue weighted by Crippen LogP contribution is 2.46. The van der Waals surface area contributed by atoms with Crippen molar-refractivity contribution in [2.24, 2.45) is 10.2 Å². The lowest BCUT2D eigenvalue weighted by atomic mass is 10.1. The number of carboxylic acids is 1. The van der Waals surface area contributed by atoms with Gasteiger partial charge in [0.25, 0.3) is 30.4 Å². The molecule has 26 heteroatoms. The predicted molar refractivity (Wildman–Crippen MR) is 201 cm³/mol. The quantitative estimate of drug-likeness (QED) is 0.0642. The van der Waals surface area contributed by atoms with E-state index in [1.807, 2.05) is 0 Å². The first-order valence-electron chi connectivity index (χ1n) is 15.1. The summed E-state index contributed by atoms with van der Waals surface area (Å²) >= 11 is 6.08. The Labute approximate surface area is 325 Å². The number of carboxylic acid groups (broad SMARTS) is 1. The van der Waals surface area contributed by atoms with Crippen LogP contribution in [0.5, 0.6) is 5.75 Å². The molecule has 7 N–H and O–H groups in total. The lowest BCUT2D eigenvalue weighted by Gasteiger charge is -2.15. The second kappa shape index (κ2) is 14.5. The highest BCUT2D eigenvalue weighted by Gasteiger charge is 2.27. The number of fused-ring (bicyclic) bond motifs is 2. The largest absolute Gasteiger partial charge is 0.505 e. The van der Waals surface area contributed by atoms with Crippen LogP contribution in [0, 0.1) is 0 Å². The van der Waals surface area contributed by atoms with Crippen molar-refractivity contribution >= 4 is 114 Å². The number of azo groups is 1. The van der Waals surface area contributed by atoms with E-state index in [1.54, 1.807) is 18.2 Å². The van der Waals surface area contributed by atoms with Crippen LogP contribution in [0.4, 0.5) is 34.6 Å². The number of anilines is 4. The molecule has 0 unspecified atom stereocenters. The molecule has 0 aliphatic carbocycles. The molecule has 0 saturated heterocycles. The van der Waals surface area contributed by atoms with Crippen LogP contribution < -0.4 is 10.6 Å². The van der Waals surface area contributed by atoms with Gasteiger partial charge in [0.15, 0.2) is 15.6 Å². The molecule has 0 aliphatic heterocycles. The van der Waals surface area contributed by atoms with Gasteiger partial charge in [-0.25, -0.2) is 13.2 Å². The number of aromatic hydroxyl groups is 1. The fraction of sp³-hybridized carbons (Fsp3) is 0.0323. The van der Waals surface area contributed by atoms with Gasteiger partial charge >= 0.3 is 5.97 Å². The number of hydrogen-bond donors (Lipinski definition) is 7. The molecule has 0 amide bonds. The molecule has 1 heterocycles. The van der Waals surface area contributed by atoms with Gasteiger partial charge in [-0.3, -0.25) is 13.7 Å². The predicted octanol–water partition coefficient (Wildman–Crippen LogP) is 5.28. The number of phenolic OH excluding ortho intramolecular Hbond substituents is 1. The van der Waals surface area contributed by atoms with E-state index in [9.17, 15) is 62.3 Å². The van der Waals surface area contributed by atoms with Gasteiger partial charge in [0.2, 0.25) is 17.2 Å². The molecule has 0 radical (unpaired) electrons. The van der Waals surface area contributed by atoms with E-state index in [4.69, 9.17) is 11.6 Å². The number of nitrogens with zero attached hydrogens (tertiary/aromatic N) is 5. The third kappa shape index (κ3) is 8.59. The highest BCUT2D eigenvalue weighted by molar-refractivity contribution is 7.91. The molecule has 6 aromatic rings. The van der Waals surface area contributed by atoms with Gasteiger partial charge in [-0.15, -0.1) is 10.2 Å². The zero-order chi connectivity index (χ0) is 41.8. The van der Waals surface area contributed by atoms with Crippen LogP contribution in [0.3, 0.4) is 0 Å². The fourth-order valence-corrected chi connectivity index (χ4v) is 8.42. The molecule has 0 aliphatic rings. The summed E-state index contributed by atoms with van der Waals surface area (Å²) in [5, 5.41) is 33.2. The first-order valence-corrected chi connectivity index (χ1v) is 21.7. The SMILES string of the molecule is CS(=O)(=O)c1c(N=Nc2c(S(=O)(=O)O)cc3cc(S(=O)(=O)O)cc(Nc4nc(Cl)nc(Nc5ccc(S(=O)(=O)O)cc5C(=O)O)n4)c3c2O)ccc2ccccc12. The average molecular weight is 880 g/mol. The van der Waals surface area contributed by atoms with Gasteiger partial charge < -0.3 is 20.8 Å². The minimum atomic E-state index is -5.32. The monoisotopic (exact) mass is 879 g/mol. The van der Waals surface area contributed by atoms with Gasteiger partial charge in [0.1, 0.15) is 21.2 Å². The lowest BCUT2D eigenvalue weighted by molar-refractivity contribution is 0.0697. The number of aromatic nitrogens is 3. The number of rotatable bonds is 11. The van der Waals surface area contributed by atoms with E-state index in [2.05, 4.69) is 35.8 Å². The van der Waals surface area contributed by atoms with Crippen LogP contribution in [0.1, 0.15) is 10.4 Å². The maximum absolute atomic E-state index is 12.9. The van der Waals surface area contributed by atoms with Crippen LogP contribution in [0.15, 0.2) is 103 Å². The number of carbonyl (C=O) groups is 1. The molecule has 6 rings (SSSR count). The summed E-state index contributed by atoms with van der Waals surface area (Å²) in [5.41, 5.74) is -2.72. The van der Waals surface area contributed by atoms with Crippen LogP contribution in [-0.4, -0.2) is 84.7 Å². The second-order valence-corrected chi connectivity index (χ2v) is 18.2. The van der Waals surface area contributed by atoms with E-state index in [0.29, 0.717) is 17.5 Å². The van der Waals surface area contributed by atoms with Crippen molar-refractivity contribution in [3.8, 4) is 5.75 Å². The minimum absolute atomic E-state index is 0.234. The molecule has 0 spiro atoms. The molecule has 0 bridgehead atoms. The van der Waals surface area contributed by atoms with Crippen molar-refractivity contribution in [2.45, 2.75) is 19.6 Å². The van der Waals surface area contributed by atoms with Crippen LogP contribution in [0.2, 0.25) is 5.28 Å². The van der Waals surface area contributed by atoms with Crippen molar-refractivity contribution in [3.05, 3.63) is 83.6 Å². The number of halogens is 1. The highest BCUT2D eigenvalue weighted by atomic mass is 35.5. The Bertz CT molecular complexity index is 3200. The van der Waals surface area contributed by atoms with E-state index in [-0.39, 0.29) is 21.7 Å². The number of benzene rings is 5. The molecule has 296 valence electrons. The van der Waals surface area contributed by atoms with Crippen molar-refractivity contribution < 1.29 is 62.3 Å². The van der Waals surface area contributed by atoms with Crippen molar-refractivity contribution in [1.82, 2.24) is 15.0 Å². The molecule has 1 aromatic heterocycles. The van der Waals surface area contributed by atoms with Crippen LogP contribution in [-0.2, 0) is 40.2 Å². The summed E-state index contributed by atoms with van der Waals surface area (Å²) in [6, 6.07) is 13.7.